The molecule has 8 heteroatoms. The fraction of sp³-hybridized carbons (Fsp3) is 0.444. The van der Waals surface area contributed by atoms with Crippen molar-refractivity contribution in [3.05, 3.63) is 30.9 Å². The molecule has 0 amide bonds. The number of carbonyl (C=O) groups is 1. The Morgan fingerprint density at radius 3 is 2.82 bits per heavy atom. The van der Waals surface area contributed by atoms with Crippen LogP contribution in [-0.4, -0.2) is 27.8 Å². The number of thioether (sulfide) groups is 1. The van der Waals surface area contributed by atoms with Crippen LogP contribution in [0.1, 0.15) is 17.1 Å². The highest BCUT2D eigenvalue weighted by Crippen LogP contribution is 2.37. The third kappa shape index (κ3) is 4.64. The van der Waals surface area contributed by atoms with Gasteiger partial charge in [0.25, 0.3) is 0 Å². The second-order valence-electron chi connectivity index (χ2n) is 3.29. The van der Waals surface area contributed by atoms with E-state index in [-0.39, 0.29) is 6.54 Å². The summed E-state index contributed by atoms with van der Waals surface area (Å²) in [5, 5.41) is 20.1. The van der Waals surface area contributed by atoms with E-state index in [2.05, 4.69) is 15.9 Å². The van der Waals surface area contributed by atoms with Crippen molar-refractivity contribution in [1.29, 1.82) is 0 Å². The van der Waals surface area contributed by atoms with Gasteiger partial charge in [0.05, 0.1) is 0 Å². The van der Waals surface area contributed by atoms with Gasteiger partial charge < -0.3 is 5.11 Å². The highest BCUT2D eigenvalue weighted by molar-refractivity contribution is 9.10. The molecule has 17 heavy (non-hydrogen) atoms. The maximum atomic E-state index is 10.8. The third-order valence-corrected chi connectivity index (χ3v) is 5.23. The van der Waals surface area contributed by atoms with Crippen molar-refractivity contribution in [1.82, 2.24) is 0 Å². The summed E-state index contributed by atoms with van der Waals surface area (Å²) in [5.74, 6) is -0.959. The first-order valence-electron chi connectivity index (χ1n) is 4.64. The Morgan fingerprint density at radius 2 is 2.41 bits per heavy atom. The molecule has 0 saturated carbocycles. The number of aliphatic carboxylic acids is 1. The highest BCUT2D eigenvalue weighted by atomic mass is 79.9. The number of rotatable bonds is 6. The van der Waals surface area contributed by atoms with Gasteiger partial charge in [0.15, 0.2) is 0 Å². The molecule has 1 heterocycles. The van der Waals surface area contributed by atoms with Gasteiger partial charge in [0.1, 0.15) is 10.5 Å². The van der Waals surface area contributed by atoms with E-state index in [1.165, 1.54) is 18.3 Å². The van der Waals surface area contributed by atoms with Crippen molar-refractivity contribution in [2.75, 3.05) is 6.54 Å². The predicted octanol–water partition coefficient (Wildman–Crippen LogP) is 3.03. The van der Waals surface area contributed by atoms with E-state index < -0.39 is 21.4 Å². The zero-order valence-electron chi connectivity index (χ0n) is 8.83. The Balaban J connectivity index is 2.80. The van der Waals surface area contributed by atoms with E-state index in [1.54, 1.807) is 6.07 Å². The first kappa shape index (κ1) is 14.5. The zero-order chi connectivity index (χ0) is 13.0. The molecule has 0 aliphatic heterocycles. The Hall–Kier alpha value is -0.600. The summed E-state index contributed by atoms with van der Waals surface area (Å²) >= 11 is 5.76. The van der Waals surface area contributed by atoms with E-state index in [1.807, 2.05) is 5.38 Å². The fourth-order valence-corrected chi connectivity index (χ4v) is 3.91. The molecule has 0 aliphatic carbocycles. The van der Waals surface area contributed by atoms with Crippen LogP contribution >= 0.6 is 39.0 Å². The molecule has 0 bridgehead atoms. The van der Waals surface area contributed by atoms with E-state index in [4.69, 9.17) is 5.11 Å². The summed E-state index contributed by atoms with van der Waals surface area (Å²) in [5.41, 5.74) is 0. The van der Waals surface area contributed by atoms with Gasteiger partial charge in [-0.2, -0.15) is 0 Å². The minimum absolute atomic E-state index is 0.269. The van der Waals surface area contributed by atoms with Crippen LogP contribution in [0.5, 0.6) is 0 Å². The van der Waals surface area contributed by atoms with Crippen LogP contribution in [-0.2, 0) is 4.79 Å². The van der Waals surface area contributed by atoms with Crippen LogP contribution in [0.2, 0.25) is 0 Å². The smallest absolute Gasteiger partial charge is 0.316 e. The van der Waals surface area contributed by atoms with E-state index in [0.29, 0.717) is 0 Å². The van der Waals surface area contributed by atoms with Crippen LogP contribution < -0.4 is 0 Å². The summed E-state index contributed by atoms with van der Waals surface area (Å²) in [7, 11) is 0. The lowest BCUT2D eigenvalue weighted by molar-refractivity contribution is -0.479. The Labute approximate surface area is 114 Å². The largest absolute Gasteiger partial charge is 0.480 e. The Kier molecular flexibility index (Phi) is 5.41. The Bertz CT molecular complexity index is 423. The molecule has 94 valence electrons. The molecule has 0 radical (unpaired) electrons. The summed E-state index contributed by atoms with van der Waals surface area (Å²) < 4.78 is 0.856. The predicted molar refractivity (Wildman–Crippen MR) is 71.3 cm³/mol. The first-order valence-corrected chi connectivity index (χ1v) is 7.25. The molecule has 1 aromatic heterocycles. The average molecular weight is 340 g/mol. The van der Waals surface area contributed by atoms with Crippen LogP contribution in [0.15, 0.2) is 15.9 Å². The van der Waals surface area contributed by atoms with Gasteiger partial charge in [0.2, 0.25) is 6.54 Å². The molecule has 0 saturated heterocycles. The molecule has 0 fully saturated rings. The normalized spacial score (nSPS) is 14.2. The standard InChI is InChI=1S/C9H10BrNO4S2/c1-5(9(12)13)17-8(3-11(14)15)7-2-6(10)4-16-7/h2,4-5,8H,3H2,1H3,(H,12,13). The van der Waals surface area contributed by atoms with E-state index in [0.717, 1.165) is 21.1 Å². The molecule has 1 rings (SSSR count). The molecule has 2 atom stereocenters. The monoisotopic (exact) mass is 339 g/mol. The fourth-order valence-electron chi connectivity index (χ4n) is 1.14. The van der Waals surface area contributed by atoms with E-state index in [9.17, 15) is 14.9 Å². The lowest BCUT2D eigenvalue weighted by Gasteiger charge is -2.13. The van der Waals surface area contributed by atoms with Crippen molar-refractivity contribution < 1.29 is 14.8 Å². The van der Waals surface area contributed by atoms with Crippen LogP contribution in [0.3, 0.4) is 0 Å². The number of carboxylic acid groups (broad SMARTS) is 1. The minimum atomic E-state index is -0.959. The molecule has 5 nitrogen and oxygen atoms in total. The number of nitro groups is 1. The number of carboxylic acids is 1. The quantitative estimate of drug-likeness (QED) is 0.636. The van der Waals surface area contributed by atoms with Crippen molar-refractivity contribution in [2.45, 2.75) is 17.4 Å². The molecular formula is C9H10BrNO4S2. The number of halogens is 1. The van der Waals surface area contributed by atoms with Crippen molar-refractivity contribution in [3.8, 4) is 0 Å². The molecular weight excluding hydrogens is 330 g/mol. The first-order chi connectivity index (χ1) is 7.90. The van der Waals surface area contributed by atoms with Gasteiger partial charge in [-0.05, 0) is 28.9 Å². The topological polar surface area (TPSA) is 80.4 Å². The number of hydrogen-bond acceptors (Lipinski definition) is 5. The minimum Gasteiger partial charge on any atom is -0.480 e. The maximum absolute atomic E-state index is 10.8. The maximum Gasteiger partial charge on any atom is 0.316 e. The van der Waals surface area contributed by atoms with Gasteiger partial charge in [-0.15, -0.1) is 23.1 Å². The van der Waals surface area contributed by atoms with Crippen LogP contribution in [0, 0.1) is 10.1 Å². The summed E-state index contributed by atoms with van der Waals surface area (Å²) in [4.78, 5) is 21.7. The third-order valence-electron chi connectivity index (χ3n) is 1.94. The summed E-state index contributed by atoms with van der Waals surface area (Å²) in [6, 6.07) is 1.79. The van der Waals surface area contributed by atoms with Crippen molar-refractivity contribution in [2.24, 2.45) is 0 Å². The van der Waals surface area contributed by atoms with Gasteiger partial charge in [-0.3, -0.25) is 14.9 Å². The zero-order valence-corrected chi connectivity index (χ0v) is 12.0. The highest BCUT2D eigenvalue weighted by Gasteiger charge is 2.25. The molecule has 0 spiro atoms. The number of hydrogen-bond donors (Lipinski definition) is 1. The van der Waals surface area contributed by atoms with Gasteiger partial charge in [0, 0.05) is 19.7 Å². The Morgan fingerprint density at radius 1 is 1.76 bits per heavy atom. The van der Waals surface area contributed by atoms with E-state index >= 15 is 0 Å². The second-order valence-corrected chi connectivity index (χ2v) is 6.69. The lowest BCUT2D eigenvalue weighted by Crippen LogP contribution is -2.17. The SMILES string of the molecule is CC(SC(C[N+](=O)[O-])c1cc(Br)cs1)C(=O)O. The lowest BCUT2D eigenvalue weighted by atomic mass is 10.3. The van der Waals surface area contributed by atoms with Gasteiger partial charge in [-0.25, -0.2) is 0 Å². The van der Waals surface area contributed by atoms with Gasteiger partial charge in [-0.1, -0.05) is 0 Å². The van der Waals surface area contributed by atoms with Crippen molar-refractivity contribution in [3.63, 3.8) is 0 Å². The summed E-state index contributed by atoms with van der Waals surface area (Å²) in [6.45, 7) is 1.26. The summed E-state index contributed by atoms with van der Waals surface area (Å²) in [6.07, 6.45) is 0. The van der Waals surface area contributed by atoms with Crippen LogP contribution in [0.4, 0.5) is 0 Å². The molecule has 2 unspecified atom stereocenters. The van der Waals surface area contributed by atoms with Gasteiger partial charge >= 0.3 is 5.97 Å². The molecule has 1 N–H and O–H groups in total. The number of thiophene rings is 1. The average Bonchev–Trinajstić information content (AvgIpc) is 2.62. The molecule has 1 aromatic rings. The molecule has 0 aromatic carbocycles. The number of nitrogens with zero attached hydrogens (tertiary/aromatic N) is 1. The van der Waals surface area contributed by atoms with Crippen LogP contribution in [0.25, 0.3) is 0 Å². The second kappa shape index (κ2) is 6.36. The molecule has 0 aliphatic rings. The van der Waals surface area contributed by atoms with Crippen molar-refractivity contribution >= 4 is 45.0 Å².